The van der Waals surface area contributed by atoms with Gasteiger partial charge < -0.3 is 26.6 Å². The number of hydrogen-bond acceptors (Lipinski definition) is 5. The third-order valence-electron chi connectivity index (χ3n) is 10.9. The van der Waals surface area contributed by atoms with Gasteiger partial charge in [-0.3, -0.25) is 4.79 Å². The number of para-hydroxylation sites is 2. The van der Waals surface area contributed by atoms with Gasteiger partial charge >= 0.3 is 0 Å². The van der Waals surface area contributed by atoms with Crippen molar-refractivity contribution in [3.8, 4) is 0 Å². The Morgan fingerprint density at radius 3 is 2.11 bits per heavy atom. The lowest BCUT2D eigenvalue weighted by Crippen LogP contribution is -2.28. The molecule has 1 amide bonds. The Balaban J connectivity index is 0.00000414. The summed E-state index contributed by atoms with van der Waals surface area (Å²) in [6.45, 7) is 19.1. The van der Waals surface area contributed by atoms with E-state index in [0.717, 1.165) is 84.5 Å². The molecule has 0 radical (unpaired) electrons. The predicted octanol–water partition coefficient (Wildman–Crippen LogP) is 9.60. The minimum Gasteiger partial charge on any atom is -0.356 e. The molecule has 0 saturated carbocycles. The van der Waals surface area contributed by atoms with Gasteiger partial charge in [-0.25, -0.2) is 0 Å². The monoisotopic (exact) mass is 830 g/mol. The summed E-state index contributed by atoms with van der Waals surface area (Å²) in [6.07, 6.45) is 25.7. The summed E-state index contributed by atoms with van der Waals surface area (Å²) in [7, 11) is 0. The molecule has 56 heavy (non-hydrogen) atoms. The maximum atomic E-state index is 12.5. The van der Waals surface area contributed by atoms with E-state index in [-0.39, 0.29) is 16.7 Å². The maximum Gasteiger partial charge on any atom is 0.219 e. The van der Waals surface area contributed by atoms with Gasteiger partial charge in [0.2, 0.25) is 11.6 Å². The van der Waals surface area contributed by atoms with Crippen LogP contribution in [0.5, 0.6) is 0 Å². The molecule has 2 aromatic carbocycles. The first-order valence-electron chi connectivity index (χ1n) is 21.3. The third-order valence-corrected chi connectivity index (χ3v) is 10.9. The van der Waals surface area contributed by atoms with Crippen LogP contribution in [0.2, 0.25) is 0 Å². The molecule has 0 aliphatic carbocycles. The van der Waals surface area contributed by atoms with Crippen molar-refractivity contribution in [3.05, 3.63) is 108 Å². The number of nitrogens with two attached hydrogens (primary N) is 1. The van der Waals surface area contributed by atoms with Crippen LogP contribution < -0.4 is 26.6 Å². The minimum absolute atomic E-state index is 0.0196. The van der Waals surface area contributed by atoms with Gasteiger partial charge in [0.25, 0.3) is 0 Å². The van der Waals surface area contributed by atoms with E-state index in [4.69, 9.17) is 5.73 Å². The summed E-state index contributed by atoms with van der Waals surface area (Å²) in [5, 5.41) is 10.0. The van der Waals surface area contributed by atoms with E-state index in [2.05, 4.69) is 167 Å². The summed E-state index contributed by atoms with van der Waals surface area (Å²) in [5.41, 5.74) is 13.5. The van der Waals surface area contributed by atoms with Crippen LogP contribution in [0, 0.1) is 0 Å². The van der Waals surface area contributed by atoms with Crippen molar-refractivity contribution in [3.63, 3.8) is 0 Å². The first kappa shape index (κ1) is 47.1. The highest BCUT2D eigenvalue weighted by molar-refractivity contribution is 9.08. The summed E-state index contributed by atoms with van der Waals surface area (Å²) >= 11 is 2.94. The summed E-state index contributed by atoms with van der Waals surface area (Å²) in [4.78, 5) is 15.0. The highest BCUT2D eigenvalue weighted by Crippen LogP contribution is 2.47. The van der Waals surface area contributed by atoms with Crippen LogP contribution in [-0.4, -0.2) is 74.4 Å². The Morgan fingerprint density at radius 2 is 1.38 bits per heavy atom. The fraction of sp³-hybridized carbons (Fsp3) is 0.542. The van der Waals surface area contributed by atoms with Crippen LogP contribution in [0.25, 0.3) is 0 Å². The molecule has 0 aromatic heterocycles. The fourth-order valence-electron chi connectivity index (χ4n) is 7.80. The van der Waals surface area contributed by atoms with E-state index in [1.165, 1.54) is 59.6 Å². The molecular weight excluding hydrogens is 756 g/mol. The number of alkyl halides is 1. The van der Waals surface area contributed by atoms with E-state index in [1.54, 1.807) is 0 Å². The number of hydrogen-bond donors (Lipinski definition) is 4. The number of allylic oxidation sites excluding steroid dienone is 8. The van der Waals surface area contributed by atoms with Gasteiger partial charge in [0.1, 0.15) is 6.54 Å². The average Bonchev–Trinajstić information content (AvgIpc) is 3.55. The molecule has 4 rings (SSSR count). The highest BCUT2D eigenvalue weighted by atomic mass is 79.9. The van der Waals surface area contributed by atoms with E-state index in [9.17, 15) is 4.79 Å². The van der Waals surface area contributed by atoms with Crippen molar-refractivity contribution in [1.82, 2.24) is 16.0 Å². The molecule has 5 N–H and O–H groups in total. The van der Waals surface area contributed by atoms with Gasteiger partial charge in [0.15, 0.2) is 5.71 Å². The lowest BCUT2D eigenvalue weighted by atomic mass is 9.81. The zero-order chi connectivity index (χ0) is 40.7. The van der Waals surface area contributed by atoms with Crippen molar-refractivity contribution in [2.45, 2.75) is 110 Å². The van der Waals surface area contributed by atoms with E-state index in [1.807, 2.05) is 5.83 Å². The van der Waals surface area contributed by atoms with Crippen LogP contribution in [0.3, 0.4) is 0 Å². The molecule has 2 aromatic rings. The Labute approximate surface area is 349 Å². The fourth-order valence-corrected chi connectivity index (χ4v) is 7.80. The van der Waals surface area contributed by atoms with Crippen molar-refractivity contribution in [2.24, 2.45) is 5.73 Å². The van der Waals surface area contributed by atoms with Crippen LogP contribution in [-0.2, 0) is 15.6 Å². The average molecular weight is 831 g/mol. The van der Waals surface area contributed by atoms with Crippen molar-refractivity contribution >= 4 is 38.9 Å². The first-order valence-corrected chi connectivity index (χ1v) is 22.9. The molecule has 7 nitrogen and oxygen atoms in total. The highest BCUT2D eigenvalue weighted by Gasteiger charge is 2.43. The molecule has 0 atom stereocenters. The molecule has 2 aliphatic rings. The van der Waals surface area contributed by atoms with Gasteiger partial charge in [0.05, 0.1) is 5.41 Å². The Bertz CT molecular complexity index is 1620. The number of carbonyl (C=O) groups excluding carboxylic acids is 1. The van der Waals surface area contributed by atoms with Gasteiger partial charge in [0, 0.05) is 60.4 Å². The number of halogens is 1. The zero-order valence-corrected chi connectivity index (χ0v) is 37.2. The second-order valence-electron chi connectivity index (χ2n) is 15.9. The van der Waals surface area contributed by atoms with E-state index >= 15 is 0 Å². The minimum atomic E-state index is -0.0808. The molecule has 308 valence electrons. The van der Waals surface area contributed by atoms with Crippen LogP contribution in [0.1, 0.15) is 110 Å². The molecule has 0 spiro atoms. The van der Waals surface area contributed by atoms with Crippen LogP contribution >= 0.6 is 15.9 Å². The topological polar surface area (TPSA) is 85.4 Å². The van der Waals surface area contributed by atoms with E-state index < -0.39 is 0 Å². The second kappa shape index (κ2) is 25.9. The maximum absolute atomic E-state index is 12.5. The second-order valence-corrected chi connectivity index (χ2v) is 15.9. The van der Waals surface area contributed by atoms with Crippen molar-refractivity contribution < 1.29 is 9.37 Å². The normalized spacial score (nSPS) is 16.3. The smallest absolute Gasteiger partial charge is 0.219 e. The number of rotatable bonds is 25. The third kappa shape index (κ3) is 14.0. The SMILES string of the molecule is CBr.CCCCN1/C(=C/C=C/C=C/C=C/C2=[N+](CCCCCC(=O)NCCCNCCCCNCCCN)c3ccccc3C2(C)C)C(C)(C)c2ccccc21. The summed E-state index contributed by atoms with van der Waals surface area (Å²) in [5.74, 6) is 1.98. The molecule has 2 aliphatic heterocycles. The van der Waals surface area contributed by atoms with Crippen LogP contribution in [0.15, 0.2) is 96.8 Å². The number of unbranched alkanes of at least 4 members (excludes halogenated alkanes) is 4. The number of anilines is 1. The van der Waals surface area contributed by atoms with Gasteiger partial charge in [-0.15, -0.1) is 0 Å². The molecule has 0 fully saturated rings. The summed E-state index contributed by atoms with van der Waals surface area (Å²) in [6, 6.07) is 17.7. The number of nitrogens with zero attached hydrogens (tertiary/aromatic N) is 2. The quantitative estimate of drug-likeness (QED) is 0.0347. The Kier molecular flexibility index (Phi) is 21.7. The van der Waals surface area contributed by atoms with Crippen molar-refractivity contribution in [2.75, 3.05) is 63.1 Å². The zero-order valence-electron chi connectivity index (χ0n) is 35.6. The van der Waals surface area contributed by atoms with Crippen LogP contribution in [0.4, 0.5) is 11.4 Å². The molecule has 0 bridgehead atoms. The number of carbonyl (C=O) groups is 1. The molecule has 0 unspecified atom stereocenters. The number of benzene rings is 2. The van der Waals surface area contributed by atoms with Gasteiger partial charge in [-0.2, -0.15) is 4.58 Å². The number of amides is 1. The largest absolute Gasteiger partial charge is 0.356 e. The molecule has 2 heterocycles. The molecule has 0 saturated heterocycles. The predicted molar refractivity (Wildman–Crippen MR) is 246 cm³/mol. The Hall–Kier alpha value is -3.30. The van der Waals surface area contributed by atoms with Gasteiger partial charge in [-0.1, -0.05) is 110 Å². The summed E-state index contributed by atoms with van der Waals surface area (Å²) < 4.78 is 2.50. The van der Waals surface area contributed by atoms with Gasteiger partial charge in [-0.05, 0) is 115 Å². The molecule has 8 heteroatoms. The number of fused-ring (bicyclic) bond motifs is 2. The van der Waals surface area contributed by atoms with Crippen molar-refractivity contribution in [1.29, 1.82) is 0 Å². The molecular formula is C48H74BrN6O+. The van der Waals surface area contributed by atoms with E-state index in [0.29, 0.717) is 6.42 Å². The standard InChI is InChI=1S/C47H70N6O.CH3Br/c1-6-7-37-52-41-26-17-15-24-39(41)46(2,3)43(52)28-12-9-8-10-13-29-44-47(4,5)40-25-16-18-27-42(40)53(44)38-21-11-14-30-45(54)51-36-23-35-50-33-20-19-32-49-34-22-31-48;1-2/h8-10,12-13,15-18,24-29,49-50H,6-7,11,14,19-23,30-38,48H2,1-5H3;1H3/p+1. The number of nitrogens with one attached hydrogen (secondary N) is 3. The Morgan fingerprint density at radius 1 is 0.732 bits per heavy atom. The lowest BCUT2D eigenvalue weighted by molar-refractivity contribution is -0.438. The first-order chi connectivity index (χ1) is 27.2. The lowest BCUT2D eigenvalue weighted by Gasteiger charge is -2.27.